The molecule has 1 heterocycles. The summed E-state index contributed by atoms with van der Waals surface area (Å²) in [5, 5.41) is 3.18. The summed E-state index contributed by atoms with van der Waals surface area (Å²) in [5.74, 6) is -1.05. The zero-order valence-electron chi connectivity index (χ0n) is 12.0. The molecule has 118 valence electrons. The molecule has 22 heavy (non-hydrogen) atoms. The largest absolute Gasteiger partial charge is 0.467 e. The summed E-state index contributed by atoms with van der Waals surface area (Å²) in [4.78, 5) is 37.0. The number of methoxy groups -OCH3 is 2. The fraction of sp³-hybridized carbons (Fsp3) is 0.357. The summed E-state index contributed by atoms with van der Waals surface area (Å²) in [6, 6.07) is 5.51. The smallest absolute Gasteiger partial charge is 0.412 e. The van der Waals surface area contributed by atoms with E-state index < -0.39 is 24.3 Å². The fourth-order valence-electron chi connectivity index (χ4n) is 2.29. The number of rotatable bonds is 2. The van der Waals surface area contributed by atoms with Crippen LogP contribution in [0.4, 0.5) is 4.79 Å². The lowest BCUT2D eigenvalue weighted by Crippen LogP contribution is -2.58. The van der Waals surface area contributed by atoms with Gasteiger partial charge in [-0.25, -0.2) is 9.59 Å². The standard InChI is InChI=1S/C14H15ClN2O5/c1-21-13(19)10-7-11(18)16-12(17(10)14(20)22-2)8-3-5-9(15)6-4-8/h3-6,10,12H,7H2,1-2H3,(H,16,18)/t10-,12-/m0/s1. The van der Waals surface area contributed by atoms with Crippen molar-refractivity contribution >= 4 is 29.6 Å². The van der Waals surface area contributed by atoms with E-state index in [0.29, 0.717) is 10.6 Å². The van der Waals surface area contributed by atoms with E-state index in [2.05, 4.69) is 10.1 Å². The normalized spacial score (nSPS) is 21.0. The third-order valence-corrected chi connectivity index (χ3v) is 3.59. The number of carbonyl (C=O) groups excluding carboxylic acids is 3. The highest BCUT2D eigenvalue weighted by Crippen LogP contribution is 2.28. The minimum atomic E-state index is -1.05. The Bertz CT molecular complexity index is 589. The monoisotopic (exact) mass is 326 g/mol. The van der Waals surface area contributed by atoms with Crippen molar-refractivity contribution in [3.8, 4) is 0 Å². The average molecular weight is 327 g/mol. The number of esters is 1. The summed E-state index contributed by atoms with van der Waals surface area (Å²) < 4.78 is 9.40. The van der Waals surface area contributed by atoms with Gasteiger partial charge >= 0.3 is 12.1 Å². The highest BCUT2D eigenvalue weighted by atomic mass is 35.5. The molecule has 1 aromatic rings. The molecule has 0 bridgehead atoms. The molecule has 1 aliphatic rings. The maximum atomic E-state index is 12.1. The van der Waals surface area contributed by atoms with E-state index in [9.17, 15) is 14.4 Å². The van der Waals surface area contributed by atoms with Crippen LogP contribution in [0.5, 0.6) is 0 Å². The van der Waals surface area contributed by atoms with Crippen LogP contribution in [-0.2, 0) is 19.1 Å². The number of amides is 2. The van der Waals surface area contributed by atoms with Crippen molar-refractivity contribution in [2.24, 2.45) is 0 Å². The first kappa shape index (κ1) is 16.1. The molecule has 1 aliphatic heterocycles. The van der Waals surface area contributed by atoms with Crippen molar-refractivity contribution in [3.05, 3.63) is 34.9 Å². The third kappa shape index (κ3) is 3.14. The van der Waals surface area contributed by atoms with E-state index >= 15 is 0 Å². The van der Waals surface area contributed by atoms with Gasteiger partial charge in [-0.1, -0.05) is 23.7 Å². The maximum absolute atomic E-state index is 12.1. The third-order valence-electron chi connectivity index (χ3n) is 3.33. The summed E-state index contributed by atoms with van der Waals surface area (Å²) in [6.07, 6.45) is -1.77. The van der Waals surface area contributed by atoms with Crippen LogP contribution < -0.4 is 5.32 Å². The Morgan fingerprint density at radius 3 is 2.41 bits per heavy atom. The van der Waals surface area contributed by atoms with E-state index in [-0.39, 0.29) is 12.3 Å². The molecule has 0 saturated carbocycles. The van der Waals surface area contributed by atoms with Gasteiger partial charge < -0.3 is 14.8 Å². The first-order valence-corrected chi connectivity index (χ1v) is 6.84. The van der Waals surface area contributed by atoms with Crippen LogP contribution in [0.2, 0.25) is 5.02 Å². The number of benzene rings is 1. The van der Waals surface area contributed by atoms with Crippen LogP contribution in [-0.4, -0.2) is 43.1 Å². The number of halogens is 1. The van der Waals surface area contributed by atoms with E-state index in [0.717, 1.165) is 4.90 Å². The van der Waals surface area contributed by atoms with Crippen LogP contribution in [0.25, 0.3) is 0 Å². The molecular formula is C14H15ClN2O5. The molecule has 0 radical (unpaired) electrons. The molecule has 0 unspecified atom stereocenters. The number of ether oxygens (including phenoxy) is 2. The molecule has 1 fully saturated rings. The highest BCUT2D eigenvalue weighted by Gasteiger charge is 2.43. The second-order valence-electron chi connectivity index (χ2n) is 4.64. The molecule has 0 aromatic heterocycles. The Balaban J connectivity index is 2.43. The number of hydrogen-bond donors (Lipinski definition) is 1. The van der Waals surface area contributed by atoms with Crippen LogP contribution >= 0.6 is 11.6 Å². The molecule has 0 aliphatic carbocycles. The quantitative estimate of drug-likeness (QED) is 0.832. The fourth-order valence-corrected chi connectivity index (χ4v) is 2.42. The molecule has 8 heteroatoms. The SMILES string of the molecule is COC(=O)[C@@H]1CC(=O)N[C@H](c2ccc(Cl)cc2)N1C(=O)OC. The van der Waals surface area contributed by atoms with Crippen molar-refractivity contribution < 1.29 is 23.9 Å². The first-order valence-electron chi connectivity index (χ1n) is 6.47. The molecule has 0 spiro atoms. The number of hydrogen-bond acceptors (Lipinski definition) is 5. The summed E-state index contributed by atoms with van der Waals surface area (Å²) in [6.45, 7) is 0. The van der Waals surface area contributed by atoms with E-state index in [4.69, 9.17) is 16.3 Å². The van der Waals surface area contributed by atoms with E-state index in [1.165, 1.54) is 14.2 Å². The van der Waals surface area contributed by atoms with E-state index in [1.807, 2.05) is 0 Å². The molecule has 2 atom stereocenters. The molecule has 1 N–H and O–H groups in total. The molecule has 2 amide bonds. The second kappa shape index (κ2) is 6.65. The second-order valence-corrected chi connectivity index (χ2v) is 5.08. The minimum Gasteiger partial charge on any atom is -0.467 e. The Morgan fingerprint density at radius 1 is 1.23 bits per heavy atom. The lowest BCUT2D eigenvalue weighted by atomic mass is 10.0. The number of nitrogens with one attached hydrogen (secondary N) is 1. The minimum absolute atomic E-state index is 0.189. The Morgan fingerprint density at radius 2 is 1.86 bits per heavy atom. The zero-order chi connectivity index (χ0) is 16.3. The molecule has 7 nitrogen and oxygen atoms in total. The van der Waals surface area contributed by atoms with Gasteiger partial charge in [-0.2, -0.15) is 0 Å². The predicted octanol–water partition coefficient (Wildman–Crippen LogP) is 1.47. The first-order chi connectivity index (χ1) is 10.5. The van der Waals surface area contributed by atoms with Crippen molar-refractivity contribution in [1.29, 1.82) is 0 Å². The van der Waals surface area contributed by atoms with Crippen LogP contribution in [0, 0.1) is 0 Å². The van der Waals surface area contributed by atoms with Gasteiger partial charge in [-0.05, 0) is 17.7 Å². The van der Waals surface area contributed by atoms with Crippen molar-refractivity contribution in [1.82, 2.24) is 10.2 Å². The van der Waals surface area contributed by atoms with Gasteiger partial charge in [0, 0.05) is 5.02 Å². The maximum Gasteiger partial charge on any atom is 0.412 e. The van der Waals surface area contributed by atoms with Gasteiger partial charge in [-0.3, -0.25) is 9.69 Å². The van der Waals surface area contributed by atoms with Crippen LogP contribution in [0.1, 0.15) is 18.2 Å². The lowest BCUT2D eigenvalue weighted by molar-refractivity contribution is -0.153. The Labute approximate surface area is 132 Å². The average Bonchev–Trinajstić information content (AvgIpc) is 2.53. The molecule has 1 saturated heterocycles. The highest BCUT2D eigenvalue weighted by molar-refractivity contribution is 6.30. The van der Waals surface area contributed by atoms with Crippen LogP contribution in [0.3, 0.4) is 0 Å². The summed E-state index contributed by atoms with van der Waals surface area (Å²) in [7, 11) is 2.40. The molecular weight excluding hydrogens is 312 g/mol. The molecule has 1 aromatic carbocycles. The Kier molecular flexibility index (Phi) is 4.87. The Hall–Kier alpha value is -2.28. The summed E-state index contributed by atoms with van der Waals surface area (Å²) in [5.41, 5.74) is 0.594. The predicted molar refractivity (Wildman–Crippen MR) is 77.0 cm³/mol. The van der Waals surface area contributed by atoms with Gasteiger partial charge in [0.25, 0.3) is 0 Å². The number of nitrogens with zero attached hydrogens (tertiary/aromatic N) is 1. The van der Waals surface area contributed by atoms with Crippen molar-refractivity contribution in [2.75, 3.05) is 14.2 Å². The molecule has 2 rings (SSSR count). The van der Waals surface area contributed by atoms with Crippen molar-refractivity contribution in [3.63, 3.8) is 0 Å². The van der Waals surface area contributed by atoms with E-state index in [1.54, 1.807) is 24.3 Å². The lowest BCUT2D eigenvalue weighted by Gasteiger charge is -2.39. The summed E-state index contributed by atoms with van der Waals surface area (Å²) >= 11 is 5.84. The topological polar surface area (TPSA) is 84.9 Å². The van der Waals surface area contributed by atoms with Gasteiger partial charge in [0.05, 0.1) is 20.6 Å². The van der Waals surface area contributed by atoms with Gasteiger partial charge in [0.1, 0.15) is 12.2 Å². The van der Waals surface area contributed by atoms with Gasteiger partial charge in [-0.15, -0.1) is 0 Å². The van der Waals surface area contributed by atoms with Crippen molar-refractivity contribution in [2.45, 2.75) is 18.6 Å². The van der Waals surface area contributed by atoms with Gasteiger partial charge in [0.2, 0.25) is 5.91 Å². The zero-order valence-corrected chi connectivity index (χ0v) is 12.8. The number of carbonyl (C=O) groups is 3. The van der Waals surface area contributed by atoms with Crippen LogP contribution in [0.15, 0.2) is 24.3 Å². The van der Waals surface area contributed by atoms with Gasteiger partial charge in [0.15, 0.2) is 0 Å².